The molecule has 1 aliphatic rings. The highest BCUT2D eigenvalue weighted by Gasteiger charge is 2.21. The molecule has 1 aromatic heterocycles. The van der Waals surface area contributed by atoms with E-state index in [-0.39, 0.29) is 19.0 Å². The van der Waals surface area contributed by atoms with Gasteiger partial charge >= 0.3 is 0 Å². The van der Waals surface area contributed by atoms with E-state index in [0.29, 0.717) is 22.9 Å². The molecule has 0 aliphatic carbocycles. The van der Waals surface area contributed by atoms with E-state index in [2.05, 4.69) is 14.7 Å². The maximum atomic E-state index is 11.3. The van der Waals surface area contributed by atoms with Crippen LogP contribution < -0.4 is 9.47 Å². The molecule has 17 heavy (non-hydrogen) atoms. The van der Waals surface area contributed by atoms with Gasteiger partial charge in [0, 0.05) is 6.07 Å². The number of ketones is 1. The van der Waals surface area contributed by atoms with Crippen molar-refractivity contribution in [2.75, 3.05) is 6.61 Å². The average molecular weight is 232 g/mol. The first-order chi connectivity index (χ1) is 8.33. The molecule has 0 atom stereocenters. The lowest BCUT2D eigenvalue weighted by atomic mass is 10.1. The standard InChI is InChI=1S/C11H8N2O4/c14-9-4-16-10-3-7(1-2-8(9)10)15-5-11-12-6-17-13-11/h1-3,6H,4-5H2. The highest BCUT2D eigenvalue weighted by molar-refractivity contribution is 6.02. The quantitative estimate of drug-likeness (QED) is 0.792. The van der Waals surface area contributed by atoms with Gasteiger partial charge in [-0.05, 0) is 12.1 Å². The Hall–Kier alpha value is -2.37. The van der Waals surface area contributed by atoms with Crippen LogP contribution in [0.4, 0.5) is 0 Å². The van der Waals surface area contributed by atoms with Crippen molar-refractivity contribution >= 4 is 5.78 Å². The van der Waals surface area contributed by atoms with Gasteiger partial charge < -0.3 is 14.0 Å². The van der Waals surface area contributed by atoms with E-state index in [1.54, 1.807) is 18.2 Å². The molecule has 0 spiro atoms. The third-order valence-corrected chi connectivity index (χ3v) is 2.39. The number of aromatic nitrogens is 2. The summed E-state index contributed by atoms with van der Waals surface area (Å²) in [4.78, 5) is 15.2. The van der Waals surface area contributed by atoms with Crippen molar-refractivity contribution in [2.24, 2.45) is 0 Å². The molecule has 6 nitrogen and oxygen atoms in total. The lowest BCUT2D eigenvalue weighted by Crippen LogP contribution is -1.98. The van der Waals surface area contributed by atoms with Gasteiger partial charge in [0.2, 0.25) is 18.0 Å². The van der Waals surface area contributed by atoms with Crippen LogP contribution >= 0.6 is 0 Å². The molecule has 0 saturated carbocycles. The number of carbonyl (C=O) groups is 1. The van der Waals surface area contributed by atoms with Gasteiger partial charge in [0.25, 0.3) is 0 Å². The third-order valence-electron chi connectivity index (χ3n) is 2.39. The summed E-state index contributed by atoms with van der Waals surface area (Å²) in [6.07, 6.45) is 1.24. The molecule has 1 aliphatic heterocycles. The smallest absolute Gasteiger partial charge is 0.213 e. The maximum Gasteiger partial charge on any atom is 0.213 e. The van der Waals surface area contributed by atoms with E-state index < -0.39 is 0 Å². The van der Waals surface area contributed by atoms with Gasteiger partial charge in [0.05, 0.1) is 5.56 Å². The summed E-state index contributed by atoms with van der Waals surface area (Å²) in [5.41, 5.74) is 0.594. The number of ether oxygens (including phenoxy) is 2. The second kappa shape index (κ2) is 3.89. The van der Waals surface area contributed by atoms with Crippen LogP contribution in [0.5, 0.6) is 11.5 Å². The van der Waals surface area contributed by atoms with Crippen LogP contribution in [0.3, 0.4) is 0 Å². The lowest BCUT2D eigenvalue weighted by molar-refractivity contribution is 0.0961. The predicted octanol–water partition coefficient (Wildman–Crippen LogP) is 1.22. The topological polar surface area (TPSA) is 74.5 Å². The van der Waals surface area contributed by atoms with Gasteiger partial charge in [-0.1, -0.05) is 5.16 Å². The van der Waals surface area contributed by atoms with Gasteiger partial charge in [0.1, 0.15) is 11.5 Å². The van der Waals surface area contributed by atoms with Crippen LogP contribution in [0, 0.1) is 0 Å². The van der Waals surface area contributed by atoms with Gasteiger partial charge in [-0.15, -0.1) is 0 Å². The molecule has 86 valence electrons. The number of rotatable bonds is 3. The van der Waals surface area contributed by atoms with Crippen molar-refractivity contribution in [2.45, 2.75) is 6.61 Å². The number of nitrogens with zero attached hydrogens (tertiary/aromatic N) is 2. The minimum absolute atomic E-state index is 0.00952. The second-order valence-corrected chi connectivity index (χ2v) is 3.51. The normalized spacial score (nSPS) is 13.3. The fourth-order valence-electron chi connectivity index (χ4n) is 1.57. The van der Waals surface area contributed by atoms with Crippen LogP contribution in [0.25, 0.3) is 0 Å². The Labute approximate surface area is 96.2 Å². The highest BCUT2D eigenvalue weighted by Crippen LogP contribution is 2.29. The Kier molecular flexibility index (Phi) is 2.25. The summed E-state index contributed by atoms with van der Waals surface area (Å²) in [7, 11) is 0. The molecule has 1 aromatic carbocycles. The van der Waals surface area contributed by atoms with Crippen molar-refractivity contribution < 1.29 is 18.8 Å². The fourth-order valence-corrected chi connectivity index (χ4v) is 1.57. The first-order valence-corrected chi connectivity index (χ1v) is 5.01. The number of benzene rings is 1. The lowest BCUT2D eigenvalue weighted by Gasteiger charge is -2.04. The molecular weight excluding hydrogens is 224 g/mol. The van der Waals surface area contributed by atoms with Gasteiger partial charge in [-0.25, -0.2) is 0 Å². The molecule has 6 heteroatoms. The predicted molar refractivity (Wildman–Crippen MR) is 54.9 cm³/mol. The summed E-state index contributed by atoms with van der Waals surface area (Å²) < 4.78 is 15.2. The monoisotopic (exact) mass is 232 g/mol. The molecule has 0 bridgehead atoms. The largest absolute Gasteiger partial charge is 0.485 e. The van der Waals surface area contributed by atoms with Crippen molar-refractivity contribution in [1.82, 2.24) is 10.1 Å². The minimum Gasteiger partial charge on any atom is -0.485 e. The van der Waals surface area contributed by atoms with E-state index in [0.717, 1.165) is 0 Å². The minimum atomic E-state index is -0.00952. The summed E-state index contributed by atoms with van der Waals surface area (Å²) in [6.45, 7) is 0.312. The van der Waals surface area contributed by atoms with Crippen molar-refractivity contribution in [1.29, 1.82) is 0 Å². The van der Waals surface area contributed by atoms with Crippen LogP contribution in [0.15, 0.2) is 29.1 Å². The van der Waals surface area contributed by atoms with E-state index in [4.69, 9.17) is 9.47 Å². The van der Waals surface area contributed by atoms with Crippen LogP contribution in [-0.2, 0) is 6.61 Å². The Balaban J connectivity index is 1.74. The molecule has 0 radical (unpaired) electrons. The van der Waals surface area contributed by atoms with E-state index in [1.165, 1.54) is 6.39 Å². The summed E-state index contributed by atoms with van der Waals surface area (Å²) in [5.74, 6) is 1.61. The number of Topliss-reactive ketones (excluding diaryl/α,β-unsaturated/α-hetero) is 1. The molecule has 2 heterocycles. The van der Waals surface area contributed by atoms with Crippen LogP contribution in [0.2, 0.25) is 0 Å². The Morgan fingerprint density at radius 1 is 1.41 bits per heavy atom. The SMILES string of the molecule is O=C1COc2cc(OCc3ncon3)ccc21. The summed E-state index contributed by atoms with van der Waals surface area (Å²) in [5, 5.41) is 3.62. The zero-order valence-corrected chi connectivity index (χ0v) is 8.75. The molecule has 0 saturated heterocycles. The average Bonchev–Trinajstić information content (AvgIpc) is 2.97. The number of hydrogen-bond acceptors (Lipinski definition) is 6. The van der Waals surface area contributed by atoms with E-state index in [1.807, 2.05) is 0 Å². The molecule has 0 amide bonds. The molecule has 0 fully saturated rings. The van der Waals surface area contributed by atoms with Crippen LogP contribution in [0.1, 0.15) is 16.2 Å². The summed E-state index contributed by atoms with van der Waals surface area (Å²) in [6, 6.07) is 5.09. The van der Waals surface area contributed by atoms with Gasteiger partial charge in [-0.2, -0.15) is 4.98 Å². The van der Waals surface area contributed by atoms with Crippen molar-refractivity contribution in [3.05, 3.63) is 36.0 Å². The highest BCUT2D eigenvalue weighted by atomic mass is 16.5. The molecule has 0 unspecified atom stereocenters. The maximum absolute atomic E-state index is 11.3. The second-order valence-electron chi connectivity index (χ2n) is 3.51. The summed E-state index contributed by atoms with van der Waals surface area (Å²) >= 11 is 0. The molecule has 3 rings (SSSR count). The zero-order valence-electron chi connectivity index (χ0n) is 8.75. The first kappa shape index (κ1) is 9.83. The molecule has 0 N–H and O–H groups in total. The zero-order chi connectivity index (χ0) is 11.7. The Morgan fingerprint density at radius 3 is 3.18 bits per heavy atom. The van der Waals surface area contributed by atoms with Gasteiger partial charge in [0.15, 0.2) is 13.2 Å². The Bertz CT molecular complexity index is 551. The Morgan fingerprint density at radius 2 is 2.35 bits per heavy atom. The third kappa shape index (κ3) is 1.84. The van der Waals surface area contributed by atoms with Crippen LogP contribution in [-0.4, -0.2) is 22.5 Å². The van der Waals surface area contributed by atoms with E-state index >= 15 is 0 Å². The number of carbonyl (C=O) groups excluding carboxylic acids is 1. The molecule has 2 aromatic rings. The fraction of sp³-hybridized carbons (Fsp3) is 0.182. The number of fused-ring (bicyclic) bond motifs is 1. The molecular formula is C11H8N2O4. The van der Waals surface area contributed by atoms with Gasteiger partial charge in [-0.3, -0.25) is 4.79 Å². The van der Waals surface area contributed by atoms with Crippen molar-refractivity contribution in [3.8, 4) is 11.5 Å². The van der Waals surface area contributed by atoms with E-state index in [9.17, 15) is 4.79 Å². The first-order valence-electron chi connectivity index (χ1n) is 5.01. The van der Waals surface area contributed by atoms with Crippen molar-refractivity contribution in [3.63, 3.8) is 0 Å². The number of hydrogen-bond donors (Lipinski definition) is 0.